The number of ether oxygens (including phenoxy) is 1. The largest absolute Gasteiger partial charge is 0.358 e. The molecule has 0 bridgehead atoms. The number of carbonyl (C=O) groups is 2. The molecule has 0 saturated carbocycles. The molecule has 1 unspecified atom stereocenters. The van der Waals surface area contributed by atoms with Gasteiger partial charge in [0.05, 0.1) is 0 Å². The predicted molar refractivity (Wildman–Crippen MR) is 80.1 cm³/mol. The van der Waals surface area contributed by atoms with Gasteiger partial charge in [0.15, 0.2) is 0 Å². The molecule has 1 atom stereocenters. The third-order valence-electron chi connectivity index (χ3n) is 3.28. The highest BCUT2D eigenvalue weighted by Gasteiger charge is 2.47. The van der Waals surface area contributed by atoms with Gasteiger partial charge in [0.25, 0.3) is 5.91 Å². The molecule has 110 valence electrons. The second-order valence-corrected chi connectivity index (χ2v) is 4.44. The SMILES string of the molecule is COC(C(=O)N=[N+]=[N-])(C(=O)c1ccccc1)c1ccccc1. The number of amides is 1. The van der Waals surface area contributed by atoms with E-state index in [1.165, 1.54) is 7.11 Å². The minimum Gasteiger partial charge on any atom is -0.358 e. The van der Waals surface area contributed by atoms with Crippen LogP contribution in [0.4, 0.5) is 0 Å². The summed E-state index contributed by atoms with van der Waals surface area (Å²) in [4.78, 5) is 27.7. The number of hydrogen-bond donors (Lipinski definition) is 0. The average molecular weight is 295 g/mol. The van der Waals surface area contributed by atoms with Crippen molar-refractivity contribution in [3.8, 4) is 0 Å². The maximum atomic E-state index is 12.9. The highest BCUT2D eigenvalue weighted by Crippen LogP contribution is 2.31. The zero-order valence-electron chi connectivity index (χ0n) is 11.8. The Bertz CT molecular complexity index is 725. The molecule has 0 radical (unpaired) electrons. The van der Waals surface area contributed by atoms with Crippen molar-refractivity contribution in [2.75, 3.05) is 7.11 Å². The summed E-state index contributed by atoms with van der Waals surface area (Å²) in [6.07, 6.45) is 0. The zero-order valence-corrected chi connectivity index (χ0v) is 11.8. The van der Waals surface area contributed by atoms with Gasteiger partial charge in [-0.1, -0.05) is 60.7 Å². The fourth-order valence-electron chi connectivity index (χ4n) is 2.23. The second kappa shape index (κ2) is 6.67. The summed E-state index contributed by atoms with van der Waals surface area (Å²) >= 11 is 0. The fourth-order valence-corrected chi connectivity index (χ4v) is 2.23. The summed E-state index contributed by atoms with van der Waals surface area (Å²) in [5.74, 6) is -1.59. The minimum absolute atomic E-state index is 0.287. The minimum atomic E-state index is -1.99. The normalized spacial score (nSPS) is 12.8. The molecular formula is C16H13N3O3. The molecule has 2 rings (SSSR count). The Hall–Kier alpha value is -2.95. The van der Waals surface area contributed by atoms with Gasteiger partial charge in [-0.05, 0) is 16.2 Å². The molecule has 0 heterocycles. The Kier molecular flexibility index (Phi) is 4.68. The third-order valence-corrected chi connectivity index (χ3v) is 3.28. The molecule has 22 heavy (non-hydrogen) atoms. The van der Waals surface area contributed by atoms with E-state index in [9.17, 15) is 9.59 Å². The van der Waals surface area contributed by atoms with Crippen molar-refractivity contribution in [1.29, 1.82) is 0 Å². The number of methoxy groups -OCH3 is 1. The number of hydrogen-bond acceptors (Lipinski definition) is 3. The standard InChI is InChI=1S/C16H13N3O3/c1-22-16(15(21)18-19-17,13-10-6-3-7-11-13)14(20)12-8-4-2-5-9-12/h2-11H,1H3. The maximum absolute atomic E-state index is 12.9. The van der Waals surface area contributed by atoms with Crippen LogP contribution in [0, 0.1) is 0 Å². The summed E-state index contributed by atoms with van der Waals surface area (Å²) in [6, 6.07) is 16.5. The first-order valence-electron chi connectivity index (χ1n) is 6.47. The number of nitrogens with zero attached hydrogens (tertiary/aromatic N) is 3. The van der Waals surface area contributed by atoms with E-state index in [1.54, 1.807) is 60.7 Å². The topological polar surface area (TPSA) is 92.1 Å². The first-order valence-corrected chi connectivity index (χ1v) is 6.47. The maximum Gasteiger partial charge on any atom is 0.263 e. The first-order chi connectivity index (χ1) is 10.7. The summed E-state index contributed by atoms with van der Waals surface area (Å²) in [6.45, 7) is 0. The van der Waals surface area contributed by atoms with Crippen LogP contribution in [0.3, 0.4) is 0 Å². The molecule has 2 aromatic rings. The van der Waals surface area contributed by atoms with Gasteiger partial charge in [0.2, 0.25) is 11.4 Å². The van der Waals surface area contributed by atoms with Crippen LogP contribution in [-0.2, 0) is 15.1 Å². The zero-order chi connectivity index (χ0) is 16.0. The van der Waals surface area contributed by atoms with Crippen LogP contribution in [0.25, 0.3) is 10.4 Å². The third kappa shape index (κ3) is 2.61. The molecule has 0 aliphatic rings. The van der Waals surface area contributed by atoms with Crippen molar-refractivity contribution < 1.29 is 14.3 Å². The van der Waals surface area contributed by atoms with E-state index >= 15 is 0 Å². The number of benzene rings is 2. The Morgan fingerprint density at radius 1 is 1.05 bits per heavy atom. The van der Waals surface area contributed by atoms with Crippen LogP contribution in [0.15, 0.2) is 65.8 Å². The molecule has 0 fully saturated rings. The number of azide groups is 1. The Balaban J connectivity index is 2.67. The van der Waals surface area contributed by atoms with Gasteiger partial charge in [0.1, 0.15) is 0 Å². The summed E-state index contributed by atoms with van der Waals surface area (Å²) in [7, 11) is 1.23. The van der Waals surface area contributed by atoms with Gasteiger partial charge in [-0.25, -0.2) is 0 Å². The van der Waals surface area contributed by atoms with Crippen LogP contribution in [-0.4, -0.2) is 18.8 Å². The molecule has 6 heteroatoms. The summed E-state index contributed by atoms with van der Waals surface area (Å²) < 4.78 is 5.29. The molecule has 1 amide bonds. The van der Waals surface area contributed by atoms with Gasteiger partial charge < -0.3 is 4.74 Å². The second-order valence-electron chi connectivity index (χ2n) is 4.44. The molecular weight excluding hydrogens is 282 g/mol. The van der Waals surface area contributed by atoms with Crippen LogP contribution in [0.2, 0.25) is 0 Å². The lowest BCUT2D eigenvalue weighted by Crippen LogP contribution is -2.44. The van der Waals surface area contributed by atoms with Crippen LogP contribution < -0.4 is 0 Å². The van der Waals surface area contributed by atoms with Crippen LogP contribution in [0.1, 0.15) is 15.9 Å². The van der Waals surface area contributed by atoms with E-state index in [-0.39, 0.29) is 5.56 Å². The van der Waals surface area contributed by atoms with E-state index in [1.807, 2.05) is 0 Å². The van der Waals surface area contributed by atoms with Gasteiger partial charge >= 0.3 is 0 Å². The lowest BCUT2D eigenvalue weighted by atomic mass is 9.85. The number of ketones is 1. The Morgan fingerprint density at radius 3 is 2.09 bits per heavy atom. The molecule has 0 saturated heterocycles. The average Bonchev–Trinajstić information content (AvgIpc) is 2.58. The van der Waals surface area contributed by atoms with Crippen molar-refractivity contribution >= 4 is 11.7 Å². The molecule has 0 aliphatic carbocycles. The molecule has 6 nitrogen and oxygen atoms in total. The smallest absolute Gasteiger partial charge is 0.263 e. The van der Waals surface area contributed by atoms with Crippen molar-refractivity contribution in [2.45, 2.75) is 5.60 Å². The van der Waals surface area contributed by atoms with Gasteiger partial charge in [0, 0.05) is 17.6 Å². The van der Waals surface area contributed by atoms with E-state index in [4.69, 9.17) is 10.3 Å². The van der Waals surface area contributed by atoms with Gasteiger partial charge in [-0.2, -0.15) is 0 Å². The van der Waals surface area contributed by atoms with Crippen LogP contribution in [0.5, 0.6) is 0 Å². The fraction of sp³-hybridized carbons (Fsp3) is 0.125. The van der Waals surface area contributed by atoms with Crippen molar-refractivity contribution in [3.05, 3.63) is 82.2 Å². The van der Waals surface area contributed by atoms with E-state index in [2.05, 4.69) is 10.0 Å². The lowest BCUT2D eigenvalue weighted by Gasteiger charge is -2.28. The van der Waals surface area contributed by atoms with Crippen molar-refractivity contribution in [2.24, 2.45) is 5.11 Å². The molecule has 0 N–H and O–H groups in total. The molecule has 2 aromatic carbocycles. The predicted octanol–water partition coefficient (Wildman–Crippen LogP) is 3.25. The van der Waals surface area contributed by atoms with Gasteiger partial charge in [-0.3, -0.25) is 9.59 Å². The summed E-state index contributed by atoms with van der Waals surface area (Å²) in [5.41, 5.74) is 7.17. The lowest BCUT2D eigenvalue weighted by molar-refractivity contribution is -0.135. The van der Waals surface area contributed by atoms with E-state index in [0.717, 1.165) is 0 Å². The Morgan fingerprint density at radius 2 is 1.59 bits per heavy atom. The quantitative estimate of drug-likeness (QED) is 0.278. The number of carbonyl (C=O) groups excluding carboxylic acids is 2. The highest BCUT2D eigenvalue weighted by atomic mass is 16.5. The molecule has 0 aliphatic heterocycles. The van der Waals surface area contributed by atoms with Crippen LogP contribution >= 0.6 is 0 Å². The van der Waals surface area contributed by atoms with Crippen molar-refractivity contribution in [3.63, 3.8) is 0 Å². The molecule has 0 spiro atoms. The summed E-state index contributed by atoms with van der Waals surface area (Å²) in [5, 5.41) is 3.09. The molecule has 0 aromatic heterocycles. The van der Waals surface area contributed by atoms with Crippen molar-refractivity contribution in [1.82, 2.24) is 0 Å². The first kappa shape index (κ1) is 15.4. The van der Waals surface area contributed by atoms with E-state index < -0.39 is 17.3 Å². The number of rotatable bonds is 5. The monoisotopic (exact) mass is 295 g/mol. The Labute approximate surface area is 127 Å². The van der Waals surface area contributed by atoms with Gasteiger partial charge in [-0.15, -0.1) is 0 Å². The highest BCUT2D eigenvalue weighted by molar-refractivity contribution is 6.17. The number of Topliss-reactive ketones (excluding diaryl/α,β-unsaturated/α-hetero) is 1. The van der Waals surface area contributed by atoms with E-state index in [0.29, 0.717) is 5.56 Å².